The molecule has 1 aliphatic rings. The highest BCUT2D eigenvalue weighted by atomic mass is 35.5. The zero-order valence-electron chi connectivity index (χ0n) is 10.0. The van der Waals surface area contributed by atoms with Gasteiger partial charge in [0.1, 0.15) is 11.9 Å². The van der Waals surface area contributed by atoms with Crippen LogP contribution in [0, 0.1) is 6.92 Å². The predicted octanol–water partition coefficient (Wildman–Crippen LogP) is 4.23. The van der Waals surface area contributed by atoms with Crippen molar-refractivity contribution < 1.29 is 4.74 Å². The van der Waals surface area contributed by atoms with Gasteiger partial charge in [-0.3, -0.25) is 0 Å². The van der Waals surface area contributed by atoms with Crippen LogP contribution in [0.2, 0.25) is 5.02 Å². The smallest absolute Gasteiger partial charge is 0.135 e. The van der Waals surface area contributed by atoms with Crippen LogP contribution in [0.25, 0.3) is 0 Å². The lowest BCUT2D eigenvalue weighted by molar-refractivity contribution is 0.165. The normalized spacial score (nSPS) is 22.4. The molecule has 2 heterocycles. The van der Waals surface area contributed by atoms with Crippen molar-refractivity contribution in [1.82, 2.24) is 0 Å². The van der Waals surface area contributed by atoms with E-state index < -0.39 is 0 Å². The first-order chi connectivity index (χ1) is 8.63. The van der Waals surface area contributed by atoms with Crippen molar-refractivity contribution in [3.8, 4) is 5.75 Å². The van der Waals surface area contributed by atoms with E-state index in [0.717, 1.165) is 17.7 Å². The number of hydrogen-bond donors (Lipinski definition) is 1. The molecule has 0 amide bonds. The molecule has 0 aliphatic carbocycles. The Bertz CT molecular complexity index is 581. The molecular formula is C14H14ClNOS. The fourth-order valence-electron chi connectivity index (χ4n) is 2.28. The molecule has 1 aromatic heterocycles. The Morgan fingerprint density at radius 3 is 2.89 bits per heavy atom. The molecule has 2 nitrogen and oxygen atoms in total. The van der Waals surface area contributed by atoms with Crippen LogP contribution >= 0.6 is 22.9 Å². The third kappa shape index (κ3) is 2.14. The summed E-state index contributed by atoms with van der Waals surface area (Å²) in [5.74, 6) is 0.856. The minimum Gasteiger partial charge on any atom is -0.484 e. The highest BCUT2D eigenvalue weighted by molar-refractivity contribution is 7.12. The number of rotatable bonds is 1. The van der Waals surface area contributed by atoms with Crippen molar-refractivity contribution in [3.05, 3.63) is 50.7 Å². The van der Waals surface area contributed by atoms with Gasteiger partial charge < -0.3 is 10.5 Å². The summed E-state index contributed by atoms with van der Waals surface area (Å²) < 4.78 is 6.03. The summed E-state index contributed by atoms with van der Waals surface area (Å²) in [5, 5.41) is 0.707. The van der Waals surface area contributed by atoms with Gasteiger partial charge in [0.2, 0.25) is 0 Å². The molecule has 1 aliphatic heterocycles. The Hall–Kier alpha value is -1.03. The summed E-state index contributed by atoms with van der Waals surface area (Å²) in [4.78, 5) is 2.53. The first-order valence-electron chi connectivity index (χ1n) is 5.91. The van der Waals surface area contributed by atoms with E-state index in [1.54, 1.807) is 11.3 Å². The van der Waals surface area contributed by atoms with Crippen LogP contribution in [0.3, 0.4) is 0 Å². The van der Waals surface area contributed by atoms with Crippen molar-refractivity contribution >= 4 is 22.9 Å². The number of hydrogen-bond acceptors (Lipinski definition) is 3. The summed E-state index contributed by atoms with van der Waals surface area (Å²) in [5.41, 5.74) is 7.22. The fraction of sp³-hybridized carbons (Fsp3) is 0.286. The highest BCUT2D eigenvalue weighted by Crippen LogP contribution is 2.42. The van der Waals surface area contributed by atoms with Gasteiger partial charge >= 0.3 is 0 Å². The molecule has 0 fully saturated rings. The molecule has 0 saturated heterocycles. The van der Waals surface area contributed by atoms with Gasteiger partial charge in [0, 0.05) is 32.8 Å². The quantitative estimate of drug-likeness (QED) is 0.848. The summed E-state index contributed by atoms with van der Waals surface area (Å²) in [6.07, 6.45) is 0.861. The van der Waals surface area contributed by atoms with Gasteiger partial charge in [0.05, 0.1) is 0 Å². The lowest BCUT2D eigenvalue weighted by atomic mass is 9.96. The molecule has 0 radical (unpaired) electrons. The Labute approximate surface area is 115 Å². The molecule has 1 aromatic carbocycles. The maximum Gasteiger partial charge on any atom is 0.135 e. The Morgan fingerprint density at radius 1 is 1.33 bits per heavy atom. The van der Waals surface area contributed by atoms with Gasteiger partial charge in [-0.25, -0.2) is 0 Å². The molecular weight excluding hydrogens is 266 g/mol. The second-order valence-corrected chi connectivity index (χ2v) is 6.34. The number of nitrogens with two attached hydrogens (primary N) is 1. The Kier molecular flexibility index (Phi) is 3.06. The number of fused-ring (bicyclic) bond motifs is 1. The second kappa shape index (κ2) is 4.57. The number of thiophene rings is 1. The van der Waals surface area contributed by atoms with Gasteiger partial charge in [-0.05, 0) is 37.3 Å². The summed E-state index contributed by atoms with van der Waals surface area (Å²) >= 11 is 7.76. The zero-order valence-corrected chi connectivity index (χ0v) is 11.6. The average Bonchev–Trinajstić information content (AvgIpc) is 2.77. The van der Waals surface area contributed by atoms with Crippen molar-refractivity contribution in [1.29, 1.82) is 0 Å². The molecule has 0 bridgehead atoms. The van der Waals surface area contributed by atoms with Gasteiger partial charge in [0.15, 0.2) is 0 Å². The Balaban J connectivity index is 1.94. The van der Waals surface area contributed by atoms with Crippen LogP contribution in [-0.4, -0.2) is 0 Å². The monoisotopic (exact) mass is 279 g/mol. The number of ether oxygens (including phenoxy) is 1. The van der Waals surface area contributed by atoms with Crippen LogP contribution in [-0.2, 0) is 0 Å². The highest BCUT2D eigenvalue weighted by Gasteiger charge is 2.27. The molecule has 2 N–H and O–H groups in total. The molecule has 3 rings (SSSR count). The fourth-order valence-corrected chi connectivity index (χ4v) is 3.38. The molecule has 2 aromatic rings. The third-order valence-corrected chi connectivity index (χ3v) is 4.51. The van der Waals surface area contributed by atoms with E-state index in [1.807, 2.05) is 18.2 Å². The van der Waals surface area contributed by atoms with E-state index in [2.05, 4.69) is 19.1 Å². The topological polar surface area (TPSA) is 35.2 Å². The van der Waals surface area contributed by atoms with Crippen molar-refractivity contribution in [2.75, 3.05) is 0 Å². The van der Waals surface area contributed by atoms with Crippen LogP contribution in [0.1, 0.15) is 33.9 Å². The van der Waals surface area contributed by atoms with E-state index in [9.17, 15) is 0 Å². The van der Waals surface area contributed by atoms with Gasteiger partial charge in [-0.2, -0.15) is 0 Å². The molecule has 4 heteroatoms. The molecule has 0 saturated carbocycles. The second-order valence-electron chi connectivity index (χ2n) is 4.58. The lowest BCUT2D eigenvalue weighted by Crippen LogP contribution is -2.23. The van der Waals surface area contributed by atoms with E-state index in [1.165, 1.54) is 9.75 Å². The van der Waals surface area contributed by atoms with Crippen LogP contribution < -0.4 is 10.5 Å². The van der Waals surface area contributed by atoms with Crippen LogP contribution in [0.4, 0.5) is 0 Å². The number of benzene rings is 1. The largest absolute Gasteiger partial charge is 0.484 e. The van der Waals surface area contributed by atoms with E-state index in [-0.39, 0.29) is 12.1 Å². The first kappa shape index (κ1) is 12.0. The van der Waals surface area contributed by atoms with E-state index in [4.69, 9.17) is 22.1 Å². The van der Waals surface area contributed by atoms with Gasteiger partial charge in [0.25, 0.3) is 0 Å². The Morgan fingerprint density at radius 2 is 2.17 bits per heavy atom. The molecule has 2 atom stereocenters. The zero-order chi connectivity index (χ0) is 12.7. The maximum absolute atomic E-state index is 6.22. The standard InChI is InChI=1S/C14H14ClNOS/c1-8-2-5-14(18-8)13-7-11(16)10-6-9(15)3-4-12(10)17-13/h2-6,11,13H,7,16H2,1H3. The average molecular weight is 280 g/mol. The molecule has 94 valence electrons. The molecule has 18 heavy (non-hydrogen) atoms. The first-order valence-corrected chi connectivity index (χ1v) is 7.11. The maximum atomic E-state index is 6.22. The predicted molar refractivity (Wildman–Crippen MR) is 75.4 cm³/mol. The number of aryl methyl sites for hydroxylation is 1. The SMILES string of the molecule is Cc1ccc(C2CC(N)c3cc(Cl)ccc3O2)s1. The lowest BCUT2D eigenvalue weighted by Gasteiger charge is -2.29. The van der Waals surface area contributed by atoms with Crippen molar-refractivity contribution in [2.24, 2.45) is 5.73 Å². The minimum absolute atomic E-state index is 0.0140. The van der Waals surface area contributed by atoms with Gasteiger partial charge in [-0.1, -0.05) is 11.6 Å². The van der Waals surface area contributed by atoms with Crippen molar-refractivity contribution in [3.63, 3.8) is 0 Å². The van der Waals surface area contributed by atoms with E-state index in [0.29, 0.717) is 5.02 Å². The van der Waals surface area contributed by atoms with Crippen LogP contribution in [0.5, 0.6) is 5.75 Å². The molecule has 2 unspecified atom stereocenters. The van der Waals surface area contributed by atoms with E-state index >= 15 is 0 Å². The summed E-state index contributed by atoms with van der Waals surface area (Å²) in [7, 11) is 0. The summed E-state index contributed by atoms with van der Waals surface area (Å²) in [6, 6.07) is 9.88. The van der Waals surface area contributed by atoms with Crippen molar-refractivity contribution in [2.45, 2.75) is 25.5 Å². The van der Waals surface area contributed by atoms with Gasteiger partial charge in [-0.15, -0.1) is 11.3 Å². The third-order valence-electron chi connectivity index (χ3n) is 3.19. The summed E-state index contributed by atoms with van der Waals surface area (Å²) in [6.45, 7) is 2.10. The van der Waals surface area contributed by atoms with Crippen LogP contribution in [0.15, 0.2) is 30.3 Å². The molecule has 0 spiro atoms. The minimum atomic E-state index is -0.0140. The number of halogens is 1.